The SMILES string of the molecule is CCCCC(CC)C(=O)N1CCN(c2cc(S(=O)(=O)N(C)CCc3ccccc3)ccc2OC)CC1. The van der Waals surface area contributed by atoms with Crippen LogP contribution in [0.15, 0.2) is 53.4 Å². The van der Waals surface area contributed by atoms with Crippen molar-refractivity contribution in [2.24, 2.45) is 5.92 Å². The highest BCUT2D eigenvalue weighted by Crippen LogP contribution is 2.33. The first-order valence-electron chi connectivity index (χ1n) is 13.0. The van der Waals surface area contributed by atoms with Crippen molar-refractivity contribution in [2.45, 2.75) is 50.8 Å². The van der Waals surface area contributed by atoms with Gasteiger partial charge in [-0.1, -0.05) is 57.0 Å². The molecule has 0 spiro atoms. The maximum Gasteiger partial charge on any atom is 0.242 e. The van der Waals surface area contributed by atoms with E-state index in [0.29, 0.717) is 44.9 Å². The highest BCUT2D eigenvalue weighted by atomic mass is 32.2. The summed E-state index contributed by atoms with van der Waals surface area (Å²) >= 11 is 0. The first-order chi connectivity index (χ1) is 17.3. The number of benzene rings is 2. The van der Waals surface area contributed by atoms with Crippen LogP contribution in [0.5, 0.6) is 5.75 Å². The zero-order valence-corrected chi connectivity index (χ0v) is 23.0. The van der Waals surface area contributed by atoms with Crippen LogP contribution in [-0.2, 0) is 21.2 Å². The van der Waals surface area contributed by atoms with Crippen LogP contribution < -0.4 is 9.64 Å². The number of unbranched alkanes of at least 4 members (excludes halogenated alkanes) is 1. The standard InChI is InChI=1S/C28H41N3O4S/c1-5-7-13-24(6-2)28(32)31-20-18-30(19-21-31)26-22-25(14-15-27(26)35-4)36(33,34)29(3)17-16-23-11-9-8-10-12-23/h8-12,14-15,22,24H,5-7,13,16-21H2,1-4H3. The Morgan fingerprint density at radius 2 is 1.75 bits per heavy atom. The molecule has 0 bridgehead atoms. The van der Waals surface area contributed by atoms with Crippen LogP contribution >= 0.6 is 0 Å². The maximum atomic E-state index is 13.3. The van der Waals surface area contributed by atoms with Crippen molar-refractivity contribution in [3.8, 4) is 5.75 Å². The number of carbonyl (C=O) groups is 1. The molecule has 0 aliphatic carbocycles. The summed E-state index contributed by atoms with van der Waals surface area (Å²) in [6.45, 7) is 7.16. The highest BCUT2D eigenvalue weighted by Gasteiger charge is 2.28. The number of hydrogen-bond acceptors (Lipinski definition) is 5. The first-order valence-corrected chi connectivity index (χ1v) is 14.5. The third-order valence-corrected chi connectivity index (χ3v) is 8.95. The predicted octanol–water partition coefficient (Wildman–Crippen LogP) is 4.42. The summed E-state index contributed by atoms with van der Waals surface area (Å²) in [5.74, 6) is 0.968. The molecule has 2 aromatic carbocycles. The van der Waals surface area contributed by atoms with Gasteiger partial charge in [0.2, 0.25) is 15.9 Å². The fourth-order valence-corrected chi connectivity index (χ4v) is 5.88. The van der Waals surface area contributed by atoms with Gasteiger partial charge in [0.05, 0.1) is 17.7 Å². The third kappa shape index (κ3) is 6.79. The minimum Gasteiger partial charge on any atom is -0.495 e. The lowest BCUT2D eigenvalue weighted by Gasteiger charge is -2.38. The van der Waals surface area contributed by atoms with Crippen LogP contribution in [0.3, 0.4) is 0 Å². The Bertz CT molecular complexity index is 1080. The number of amides is 1. The second kappa shape index (κ2) is 13.1. The normalized spacial score (nSPS) is 15.2. The van der Waals surface area contributed by atoms with Crippen LogP contribution in [0, 0.1) is 5.92 Å². The molecule has 1 aliphatic heterocycles. The zero-order valence-electron chi connectivity index (χ0n) is 22.2. The average Bonchev–Trinajstić information content (AvgIpc) is 2.92. The van der Waals surface area contributed by atoms with Crippen LogP contribution in [0.4, 0.5) is 5.69 Å². The maximum absolute atomic E-state index is 13.3. The van der Waals surface area contributed by atoms with Gasteiger partial charge in [-0.15, -0.1) is 0 Å². The van der Waals surface area contributed by atoms with Gasteiger partial charge in [-0.25, -0.2) is 12.7 Å². The Kier molecular flexibility index (Phi) is 10.2. The van der Waals surface area contributed by atoms with E-state index in [-0.39, 0.29) is 16.7 Å². The molecule has 1 heterocycles. The van der Waals surface area contributed by atoms with Gasteiger partial charge in [-0.2, -0.15) is 0 Å². The van der Waals surface area contributed by atoms with Crippen molar-refractivity contribution in [1.29, 1.82) is 0 Å². The molecular weight excluding hydrogens is 474 g/mol. The molecule has 8 heteroatoms. The minimum absolute atomic E-state index is 0.0888. The van der Waals surface area contributed by atoms with E-state index in [4.69, 9.17) is 4.74 Å². The topological polar surface area (TPSA) is 70.2 Å². The number of piperazine rings is 1. The minimum atomic E-state index is -3.66. The van der Waals surface area contributed by atoms with Gasteiger partial charge in [-0.05, 0) is 43.0 Å². The Morgan fingerprint density at radius 1 is 1.06 bits per heavy atom. The molecular formula is C28H41N3O4S. The lowest BCUT2D eigenvalue weighted by Crippen LogP contribution is -2.50. The molecule has 0 radical (unpaired) electrons. The van der Waals surface area contributed by atoms with Gasteiger partial charge >= 0.3 is 0 Å². The van der Waals surface area contributed by atoms with Crippen molar-refractivity contribution < 1.29 is 17.9 Å². The number of nitrogens with zero attached hydrogens (tertiary/aromatic N) is 3. The summed E-state index contributed by atoms with van der Waals surface area (Å²) in [5, 5.41) is 0. The lowest BCUT2D eigenvalue weighted by atomic mass is 9.97. The first kappa shape index (κ1) is 28.0. The van der Waals surface area contributed by atoms with Gasteiger partial charge in [0, 0.05) is 45.7 Å². The molecule has 1 atom stereocenters. The van der Waals surface area contributed by atoms with E-state index in [1.807, 2.05) is 35.2 Å². The van der Waals surface area contributed by atoms with Crippen LogP contribution in [-0.4, -0.2) is 70.4 Å². The number of carbonyl (C=O) groups excluding carboxylic acids is 1. The van der Waals surface area contributed by atoms with Crippen molar-refractivity contribution in [2.75, 3.05) is 51.8 Å². The number of ether oxygens (including phenoxy) is 1. The number of anilines is 1. The summed E-state index contributed by atoms with van der Waals surface area (Å²) in [6, 6.07) is 14.9. The fraction of sp³-hybridized carbons (Fsp3) is 0.536. The molecule has 198 valence electrons. The van der Waals surface area contributed by atoms with Crippen molar-refractivity contribution in [3.63, 3.8) is 0 Å². The second-order valence-corrected chi connectivity index (χ2v) is 11.5. The summed E-state index contributed by atoms with van der Waals surface area (Å²) < 4.78 is 33.7. The van der Waals surface area contributed by atoms with Crippen LogP contribution in [0.1, 0.15) is 45.1 Å². The molecule has 1 unspecified atom stereocenters. The second-order valence-electron chi connectivity index (χ2n) is 9.46. The monoisotopic (exact) mass is 515 g/mol. The van der Waals surface area contributed by atoms with Crippen molar-refractivity contribution in [1.82, 2.24) is 9.21 Å². The Labute approximate surface area is 217 Å². The van der Waals surface area contributed by atoms with Crippen molar-refractivity contribution >= 4 is 21.6 Å². The molecule has 0 N–H and O–H groups in total. The summed E-state index contributed by atoms with van der Waals surface area (Å²) in [7, 11) is -0.441. The van der Waals surface area contributed by atoms with E-state index < -0.39 is 10.0 Å². The van der Waals surface area contributed by atoms with Crippen LogP contribution in [0.25, 0.3) is 0 Å². The Morgan fingerprint density at radius 3 is 2.36 bits per heavy atom. The smallest absolute Gasteiger partial charge is 0.242 e. The fourth-order valence-electron chi connectivity index (χ4n) is 4.69. The van der Waals surface area contributed by atoms with E-state index in [2.05, 4.69) is 18.7 Å². The van der Waals surface area contributed by atoms with E-state index in [9.17, 15) is 13.2 Å². The molecule has 36 heavy (non-hydrogen) atoms. The van der Waals surface area contributed by atoms with Crippen LogP contribution in [0.2, 0.25) is 0 Å². The number of rotatable bonds is 12. The van der Waals surface area contributed by atoms with E-state index in [1.165, 1.54) is 4.31 Å². The Hall–Kier alpha value is -2.58. The van der Waals surface area contributed by atoms with Gasteiger partial charge < -0.3 is 14.5 Å². The molecule has 1 saturated heterocycles. The van der Waals surface area contributed by atoms with Gasteiger partial charge in [0.1, 0.15) is 5.75 Å². The number of methoxy groups -OCH3 is 1. The number of sulfonamides is 1. The molecule has 2 aromatic rings. The molecule has 1 amide bonds. The predicted molar refractivity (Wildman–Crippen MR) is 145 cm³/mol. The highest BCUT2D eigenvalue weighted by molar-refractivity contribution is 7.89. The molecule has 0 aromatic heterocycles. The Balaban J connectivity index is 1.70. The van der Waals surface area contributed by atoms with E-state index >= 15 is 0 Å². The summed E-state index contributed by atoms with van der Waals surface area (Å²) in [5.41, 5.74) is 1.85. The van der Waals surface area contributed by atoms with Gasteiger partial charge in [-0.3, -0.25) is 4.79 Å². The van der Waals surface area contributed by atoms with E-state index in [0.717, 1.165) is 36.9 Å². The molecule has 3 rings (SSSR count). The summed E-state index contributed by atoms with van der Waals surface area (Å²) in [4.78, 5) is 17.4. The molecule has 1 fully saturated rings. The average molecular weight is 516 g/mol. The zero-order chi connectivity index (χ0) is 26.1. The lowest BCUT2D eigenvalue weighted by molar-refractivity contribution is -0.136. The number of likely N-dealkylation sites (N-methyl/N-ethyl adjacent to an activating group) is 1. The summed E-state index contributed by atoms with van der Waals surface area (Å²) in [6.07, 6.45) is 4.62. The molecule has 7 nitrogen and oxygen atoms in total. The largest absolute Gasteiger partial charge is 0.495 e. The van der Waals surface area contributed by atoms with E-state index in [1.54, 1.807) is 32.4 Å². The van der Waals surface area contributed by atoms with Gasteiger partial charge in [0.25, 0.3) is 0 Å². The van der Waals surface area contributed by atoms with Gasteiger partial charge in [0.15, 0.2) is 0 Å². The molecule has 1 aliphatic rings. The molecule has 0 saturated carbocycles. The third-order valence-electron chi connectivity index (χ3n) is 7.10. The number of hydrogen-bond donors (Lipinski definition) is 0. The van der Waals surface area contributed by atoms with Crippen molar-refractivity contribution in [3.05, 3.63) is 54.1 Å². The quantitative estimate of drug-likeness (QED) is 0.418.